The highest BCUT2D eigenvalue weighted by Gasteiger charge is 2.25. The summed E-state index contributed by atoms with van der Waals surface area (Å²) in [4.78, 5) is 4.85. The molecule has 0 aromatic carbocycles. The highest BCUT2D eigenvalue weighted by Crippen LogP contribution is 2.24. The zero-order valence-corrected chi connectivity index (χ0v) is 6.47. The van der Waals surface area contributed by atoms with Crippen molar-refractivity contribution in [3.63, 3.8) is 0 Å². The van der Waals surface area contributed by atoms with E-state index in [0.29, 0.717) is 12.0 Å². The van der Waals surface area contributed by atoms with E-state index in [4.69, 9.17) is 10.6 Å². The highest BCUT2D eigenvalue weighted by molar-refractivity contribution is 4.81. The van der Waals surface area contributed by atoms with Crippen LogP contribution in [0.15, 0.2) is 0 Å². The first-order valence-electron chi connectivity index (χ1n) is 3.87. The molecule has 0 amide bonds. The molecule has 1 aliphatic rings. The fraction of sp³-hybridized carbons (Fsp3) is 1.00. The van der Waals surface area contributed by atoms with Crippen LogP contribution in [0.3, 0.4) is 0 Å². The van der Waals surface area contributed by atoms with E-state index in [1.165, 1.54) is 19.3 Å². The van der Waals surface area contributed by atoms with Gasteiger partial charge in [-0.3, -0.25) is 0 Å². The fourth-order valence-electron chi connectivity index (χ4n) is 1.63. The zero-order chi connectivity index (χ0) is 7.40. The molecule has 0 spiro atoms. The van der Waals surface area contributed by atoms with Gasteiger partial charge < -0.3 is 10.6 Å². The summed E-state index contributed by atoms with van der Waals surface area (Å²) in [6.45, 7) is 0.779. The SMILES string of the molecule is CONC1CCCC1CN. The Morgan fingerprint density at radius 2 is 2.40 bits per heavy atom. The summed E-state index contributed by atoms with van der Waals surface area (Å²) < 4.78 is 0. The van der Waals surface area contributed by atoms with Crippen LogP contribution in [-0.4, -0.2) is 19.7 Å². The average molecular weight is 144 g/mol. The van der Waals surface area contributed by atoms with Crippen LogP contribution in [0.4, 0.5) is 0 Å². The average Bonchev–Trinajstić information content (AvgIpc) is 2.36. The summed E-state index contributed by atoms with van der Waals surface area (Å²) in [6, 6.07) is 0.495. The molecule has 3 heteroatoms. The lowest BCUT2D eigenvalue weighted by Gasteiger charge is -2.17. The van der Waals surface area contributed by atoms with Crippen LogP contribution in [0.5, 0.6) is 0 Å². The summed E-state index contributed by atoms with van der Waals surface area (Å²) in [5, 5.41) is 0. The number of nitrogens with one attached hydrogen (secondary N) is 1. The van der Waals surface area contributed by atoms with E-state index >= 15 is 0 Å². The fourth-order valence-corrected chi connectivity index (χ4v) is 1.63. The second kappa shape index (κ2) is 3.91. The molecule has 1 aliphatic carbocycles. The van der Waals surface area contributed by atoms with E-state index in [9.17, 15) is 0 Å². The van der Waals surface area contributed by atoms with Crippen LogP contribution in [0.2, 0.25) is 0 Å². The van der Waals surface area contributed by atoms with Crippen molar-refractivity contribution in [2.75, 3.05) is 13.7 Å². The molecular formula is C7H16N2O. The molecular weight excluding hydrogens is 128 g/mol. The van der Waals surface area contributed by atoms with Crippen molar-refractivity contribution >= 4 is 0 Å². The van der Waals surface area contributed by atoms with Gasteiger partial charge in [-0.15, -0.1) is 0 Å². The number of hydrogen-bond donors (Lipinski definition) is 2. The molecule has 0 saturated heterocycles. The predicted octanol–water partition coefficient (Wildman–Crippen LogP) is 0.265. The summed E-state index contributed by atoms with van der Waals surface area (Å²) in [6.07, 6.45) is 3.73. The predicted molar refractivity (Wildman–Crippen MR) is 40.3 cm³/mol. The molecule has 3 N–H and O–H groups in total. The number of nitrogens with two attached hydrogens (primary N) is 1. The third kappa shape index (κ3) is 1.68. The van der Waals surface area contributed by atoms with Crippen molar-refractivity contribution in [3.8, 4) is 0 Å². The van der Waals surface area contributed by atoms with Gasteiger partial charge in [-0.05, 0) is 25.3 Å². The van der Waals surface area contributed by atoms with Crippen molar-refractivity contribution in [2.45, 2.75) is 25.3 Å². The Morgan fingerprint density at radius 3 is 3.00 bits per heavy atom. The lowest BCUT2D eigenvalue weighted by atomic mass is 10.1. The molecule has 0 aromatic rings. The van der Waals surface area contributed by atoms with Crippen LogP contribution in [0.1, 0.15) is 19.3 Å². The molecule has 0 bridgehead atoms. The lowest BCUT2D eigenvalue weighted by molar-refractivity contribution is 0.0500. The van der Waals surface area contributed by atoms with E-state index < -0.39 is 0 Å². The molecule has 10 heavy (non-hydrogen) atoms. The van der Waals surface area contributed by atoms with Crippen LogP contribution in [0, 0.1) is 5.92 Å². The van der Waals surface area contributed by atoms with Crippen molar-refractivity contribution in [1.29, 1.82) is 0 Å². The van der Waals surface area contributed by atoms with E-state index in [2.05, 4.69) is 5.48 Å². The van der Waals surface area contributed by atoms with Gasteiger partial charge in [0.05, 0.1) is 7.11 Å². The topological polar surface area (TPSA) is 47.3 Å². The van der Waals surface area contributed by atoms with Gasteiger partial charge in [0.2, 0.25) is 0 Å². The quantitative estimate of drug-likeness (QED) is 0.559. The summed E-state index contributed by atoms with van der Waals surface area (Å²) >= 11 is 0. The normalized spacial score (nSPS) is 33.0. The summed E-state index contributed by atoms with van der Waals surface area (Å²) in [7, 11) is 1.66. The number of hydrogen-bond acceptors (Lipinski definition) is 3. The molecule has 0 aliphatic heterocycles. The standard InChI is InChI=1S/C7H16N2O/c1-10-9-7-4-2-3-6(7)5-8/h6-7,9H,2-5,8H2,1H3. The Hall–Kier alpha value is -0.120. The first-order valence-corrected chi connectivity index (χ1v) is 3.87. The van der Waals surface area contributed by atoms with Gasteiger partial charge >= 0.3 is 0 Å². The third-order valence-electron chi connectivity index (χ3n) is 2.23. The summed E-state index contributed by atoms with van der Waals surface area (Å²) in [5.74, 6) is 0.625. The minimum atomic E-state index is 0.495. The second-order valence-electron chi connectivity index (χ2n) is 2.86. The van der Waals surface area contributed by atoms with Crippen LogP contribution >= 0.6 is 0 Å². The molecule has 2 unspecified atom stereocenters. The zero-order valence-electron chi connectivity index (χ0n) is 6.47. The van der Waals surface area contributed by atoms with Crippen molar-refractivity contribution < 1.29 is 4.84 Å². The Balaban J connectivity index is 2.27. The monoisotopic (exact) mass is 144 g/mol. The summed E-state index contributed by atoms with van der Waals surface area (Å²) in [5.41, 5.74) is 8.52. The highest BCUT2D eigenvalue weighted by atomic mass is 16.6. The molecule has 0 radical (unpaired) electrons. The Kier molecular flexibility index (Phi) is 3.12. The third-order valence-corrected chi connectivity index (χ3v) is 2.23. The minimum absolute atomic E-state index is 0.495. The van der Waals surface area contributed by atoms with Crippen LogP contribution < -0.4 is 11.2 Å². The lowest BCUT2D eigenvalue weighted by Crippen LogP contribution is -2.35. The van der Waals surface area contributed by atoms with Gasteiger partial charge in [0.15, 0.2) is 0 Å². The maximum absolute atomic E-state index is 5.56. The van der Waals surface area contributed by atoms with Crippen LogP contribution in [0.25, 0.3) is 0 Å². The molecule has 0 aromatic heterocycles. The minimum Gasteiger partial charge on any atom is -0.330 e. The molecule has 60 valence electrons. The Bertz CT molecular complexity index is 97.6. The molecule has 3 nitrogen and oxygen atoms in total. The maximum Gasteiger partial charge on any atom is 0.0572 e. The van der Waals surface area contributed by atoms with E-state index in [0.717, 1.165) is 6.54 Å². The molecule has 2 atom stereocenters. The van der Waals surface area contributed by atoms with Gasteiger partial charge in [-0.2, -0.15) is 5.48 Å². The van der Waals surface area contributed by atoms with Gasteiger partial charge in [0.25, 0.3) is 0 Å². The van der Waals surface area contributed by atoms with Gasteiger partial charge in [-0.25, -0.2) is 0 Å². The molecule has 1 saturated carbocycles. The smallest absolute Gasteiger partial charge is 0.0572 e. The van der Waals surface area contributed by atoms with E-state index in [-0.39, 0.29) is 0 Å². The van der Waals surface area contributed by atoms with Gasteiger partial charge in [-0.1, -0.05) is 6.42 Å². The van der Waals surface area contributed by atoms with Gasteiger partial charge in [0.1, 0.15) is 0 Å². The Morgan fingerprint density at radius 1 is 1.60 bits per heavy atom. The molecule has 1 rings (SSSR count). The molecule has 1 fully saturated rings. The van der Waals surface area contributed by atoms with E-state index in [1.54, 1.807) is 7.11 Å². The van der Waals surface area contributed by atoms with E-state index in [1.807, 2.05) is 0 Å². The van der Waals surface area contributed by atoms with Crippen molar-refractivity contribution in [1.82, 2.24) is 5.48 Å². The first kappa shape index (κ1) is 7.98. The number of rotatable bonds is 3. The maximum atomic E-state index is 5.56. The molecule has 0 heterocycles. The number of hydroxylamine groups is 1. The van der Waals surface area contributed by atoms with Crippen LogP contribution in [-0.2, 0) is 4.84 Å². The first-order chi connectivity index (χ1) is 4.88. The second-order valence-corrected chi connectivity index (χ2v) is 2.86. The van der Waals surface area contributed by atoms with Gasteiger partial charge in [0, 0.05) is 6.04 Å². The van der Waals surface area contributed by atoms with Crippen molar-refractivity contribution in [3.05, 3.63) is 0 Å². The Labute approximate surface area is 61.9 Å². The largest absolute Gasteiger partial charge is 0.330 e. The van der Waals surface area contributed by atoms with Crippen molar-refractivity contribution in [2.24, 2.45) is 11.7 Å².